The van der Waals surface area contributed by atoms with E-state index < -0.39 is 0 Å². The molecule has 0 atom stereocenters. The van der Waals surface area contributed by atoms with E-state index in [1.54, 1.807) is 0 Å². The number of benzene rings is 2. The Morgan fingerprint density at radius 1 is 0.913 bits per heavy atom. The molecule has 0 spiro atoms. The number of hydrogen-bond acceptors (Lipinski definition) is 2. The molecule has 0 aliphatic carbocycles. The van der Waals surface area contributed by atoms with Gasteiger partial charge in [0.15, 0.2) is 0 Å². The summed E-state index contributed by atoms with van der Waals surface area (Å²) in [5.41, 5.74) is 2.29. The molecular formula is C20H25NOS. The van der Waals surface area contributed by atoms with E-state index in [4.69, 9.17) is 17.0 Å². The predicted octanol–water partition coefficient (Wildman–Crippen LogP) is 5.98. The molecule has 0 fully saturated rings. The fourth-order valence-electron chi connectivity index (χ4n) is 2.43. The van der Waals surface area contributed by atoms with Crippen molar-refractivity contribution in [3.63, 3.8) is 0 Å². The first-order valence-electron chi connectivity index (χ1n) is 8.41. The highest BCUT2D eigenvalue weighted by Gasteiger charge is 2.01. The van der Waals surface area contributed by atoms with Crippen molar-refractivity contribution in [2.75, 3.05) is 5.32 Å². The second-order valence-corrected chi connectivity index (χ2v) is 6.06. The van der Waals surface area contributed by atoms with Crippen LogP contribution in [0.5, 0.6) is 5.75 Å². The summed E-state index contributed by atoms with van der Waals surface area (Å²) in [5.74, 6) is 0.771. The number of para-hydroxylation sites is 1. The number of nitrogens with one attached hydrogen (secondary N) is 1. The second kappa shape index (κ2) is 10.0. The largest absolute Gasteiger partial charge is 0.432 e. The maximum absolute atomic E-state index is 5.65. The van der Waals surface area contributed by atoms with Crippen LogP contribution < -0.4 is 10.1 Å². The van der Waals surface area contributed by atoms with Gasteiger partial charge < -0.3 is 10.1 Å². The highest BCUT2D eigenvalue weighted by Crippen LogP contribution is 2.16. The highest BCUT2D eigenvalue weighted by atomic mass is 32.1. The molecule has 1 N–H and O–H groups in total. The Labute approximate surface area is 144 Å². The molecule has 0 saturated carbocycles. The van der Waals surface area contributed by atoms with Gasteiger partial charge in [0.2, 0.25) is 0 Å². The minimum Gasteiger partial charge on any atom is -0.432 e. The van der Waals surface area contributed by atoms with Crippen molar-refractivity contribution in [1.29, 1.82) is 0 Å². The molecule has 0 saturated heterocycles. The first-order chi connectivity index (χ1) is 11.3. The first kappa shape index (κ1) is 17.5. The van der Waals surface area contributed by atoms with E-state index >= 15 is 0 Å². The summed E-state index contributed by atoms with van der Waals surface area (Å²) in [6.45, 7) is 2.25. The van der Waals surface area contributed by atoms with Gasteiger partial charge in [0.25, 0.3) is 5.17 Å². The zero-order valence-corrected chi connectivity index (χ0v) is 14.6. The standard InChI is InChI=1S/C20H25NOS/c1-2-3-4-5-7-10-17-13-15-19(16-14-17)22-20(23)21-18-11-8-6-9-12-18/h6,8-9,11-16H,2-5,7,10H2,1H3,(H,21,23). The van der Waals surface area contributed by atoms with Crippen molar-refractivity contribution in [1.82, 2.24) is 0 Å². The van der Waals surface area contributed by atoms with E-state index in [-0.39, 0.29) is 0 Å². The van der Waals surface area contributed by atoms with E-state index in [1.807, 2.05) is 42.5 Å². The van der Waals surface area contributed by atoms with Crippen molar-refractivity contribution in [3.05, 3.63) is 60.2 Å². The van der Waals surface area contributed by atoms with Crippen LogP contribution in [0, 0.1) is 0 Å². The maximum Gasteiger partial charge on any atom is 0.266 e. The molecular weight excluding hydrogens is 302 g/mol. The van der Waals surface area contributed by atoms with Gasteiger partial charge in [0.05, 0.1) is 0 Å². The summed E-state index contributed by atoms with van der Waals surface area (Å²) in [6.07, 6.45) is 7.70. The molecule has 3 heteroatoms. The Morgan fingerprint density at radius 3 is 2.30 bits per heavy atom. The monoisotopic (exact) mass is 327 g/mol. The second-order valence-electron chi connectivity index (χ2n) is 5.69. The van der Waals surface area contributed by atoms with Crippen LogP contribution in [0.15, 0.2) is 54.6 Å². The molecule has 2 aromatic rings. The van der Waals surface area contributed by atoms with Crippen LogP contribution in [0.3, 0.4) is 0 Å². The topological polar surface area (TPSA) is 21.3 Å². The summed E-state index contributed by atoms with van der Waals surface area (Å²) >= 11 is 5.23. The molecule has 23 heavy (non-hydrogen) atoms. The average Bonchev–Trinajstić information content (AvgIpc) is 2.57. The zero-order chi connectivity index (χ0) is 16.3. The van der Waals surface area contributed by atoms with Gasteiger partial charge in [-0.1, -0.05) is 62.9 Å². The van der Waals surface area contributed by atoms with Crippen molar-refractivity contribution in [3.8, 4) is 5.75 Å². The lowest BCUT2D eigenvalue weighted by molar-refractivity contribution is 0.562. The minimum absolute atomic E-state index is 0.364. The molecule has 2 rings (SSSR count). The third-order valence-corrected chi connectivity index (χ3v) is 3.91. The Balaban J connectivity index is 1.75. The van der Waals surface area contributed by atoms with E-state index in [2.05, 4.69) is 24.4 Å². The zero-order valence-electron chi connectivity index (χ0n) is 13.8. The molecule has 0 unspecified atom stereocenters. The number of rotatable bonds is 8. The normalized spacial score (nSPS) is 10.3. The quantitative estimate of drug-likeness (QED) is 0.476. The predicted molar refractivity (Wildman–Crippen MR) is 102 cm³/mol. The lowest BCUT2D eigenvalue weighted by Crippen LogP contribution is -2.16. The lowest BCUT2D eigenvalue weighted by Gasteiger charge is -2.10. The van der Waals surface area contributed by atoms with Gasteiger partial charge in [-0.2, -0.15) is 0 Å². The number of anilines is 1. The molecule has 0 bridgehead atoms. The van der Waals surface area contributed by atoms with E-state index in [0.29, 0.717) is 5.17 Å². The lowest BCUT2D eigenvalue weighted by atomic mass is 10.1. The summed E-state index contributed by atoms with van der Waals surface area (Å²) in [7, 11) is 0. The van der Waals surface area contributed by atoms with Crippen LogP contribution in [0.4, 0.5) is 5.69 Å². The summed E-state index contributed by atoms with van der Waals surface area (Å²) < 4.78 is 5.65. The Bertz CT molecular complexity index is 580. The molecule has 122 valence electrons. The van der Waals surface area contributed by atoms with Crippen molar-refractivity contribution in [2.45, 2.75) is 45.4 Å². The Hall–Kier alpha value is -1.87. The van der Waals surface area contributed by atoms with Gasteiger partial charge in [-0.15, -0.1) is 0 Å². The maximum atomic E-state index is 5.65. The van der Waals surface area contributed by atoms with Crippen molar-refractivity contribution < 1.29 is 4.74 Å². The van der Waals surface area contributed by atoms with Gasteiger partial charge in [-0.3, -0.25) is 0 Å². The van der Waals surface area contributed by atoms with Crippen LogP contribution in [-0.4, -0.2) is 5.17 Å². The molecule has 0 aliphatic heterocycles. The smallest absolute Gasteiger partial charge is 0.266 e. The number of thiocarbonyl (C=S) groups is 1. The van der Waals surface area contributed by atoms with E-state index in [1.165, 1.54) is 37.7 Å². The number of unbranched alkanes of at least 4 members (excludes halogenated alkanes) is 4. The van der Waals surface area contributed by atoms with Gasteiger partial charge in [-0.25, -0.2) is 0 Å². The first-order valence-corrected chi connectivity index (χ1v) is 8.81. The van der Waals surface area contributed by atoms with Crippen LogP contribution in [0.2, 0.25) is 0 Å². The molecule has 2 nitrogen and oxygen atoms in total. The molecule has 0 aromatic heterocycles. The van der Waals surface area contributed by atoms with Gasteiger partial charge in [0.1, 0.15) is 5.75 Å². The molecule has 0 radical (unpaired) electrons. The summed E-state index contributed by atoms with van der Waals surface area (Å²) in [6, 6.07) is 18.0. The van der Waals surface area contributed by atoms with E-state index in [0.717, 1.165) is 17.9 Å². The fraction of sp³-hybridized carbons (Fsp3) is 0.350. The summed E-state index contributed by atoms with van der Waals surface area (Å²) in [4.78, 5) is 0. The SMILES string of the molecule is CCCCCCCc1ccc(OC(=S)Nc2ccccc2)cc1. The van der Waals surface area contributed by atoms with Crippen LogP contribution in [0.1, 0.15) is 44.6 Å². The number of ether oxygens (including phenoxy) is 1. The van der Waals surface area contributed by atoms with E-state index in [9.17, 15) is 0 Å². The fourth-order valence-corrected chi connectivity index (χ4v) is 2.64. The number of hydrogen-bond donors (Lipinski definition) is 1. The summed E-state index contributed by atoms with van der Waals surface area (Å²) in [5, 5.41) is 3.43. The van der Waals surface area contributed by atoms with Crippen LogP contribution >= 0.6 is 12.2 Å². The van der Waals surface area contributed by atoms with Gasteiger partial charge in [-0.05, 0) is 54.9 Å². The van der Waals surface area contributed by atoms with Crippen molar-refractivity contribution in [2.24, 2.45) is 0 Å². The molecule has 2 aromatic carbocycles. The third-order valence-electron chi connectivity index (χ3n) is 3.72. The molecule has 0 amide bonds. The highest BCUT2D eigenvalue weighted by molar-refractivity contribution is 7.80. The van der Waals surface area contributed by atoms with Gasteiger partial charge >= 0.3 is 0 Å². The van der Waals surface area contributed by atoms with Crippen molar-refractivity contribution >= 4 is 23.1 Å². The number of aryl methyl sites for hydroxylation is 1. The third kappa shape index (κ3) is 6.83. The van der Waals surface area contributed by atoms with Crippen LogP contribution in [-0.2, 0) is 6.42 Å². The van der Waals surface area contributed by atoms with Gasteiger partial charge in [0, 0.05) is 5.69 Å². The molecule has 0 heterocycles. The molecule has 0 aliphatic rings. The Kier molecular flexibility index (Phi) is 7.61. The Morgan fingerprint density at radius 2 is 1.61 bits per heavy atom. The minimum atomic E-state index is 0.364. The average molecular weight is 327 g/mol. The van der Waals surface area contributed by atoms with Crippen LogP contribution in [0.25, 0.3) is 0 Å².